The Kier molecular flexibility index (Phi) is 7.43. The second-order valence-corrected chi connectivity index (χ2v) is 8.50. The predicted octanol–water partition coefficient (Wildman–Crippen LogP) is 7.55. The third-order valence-corrected chi connectivity index (χ3v) is 6.17. The zero-order valence-corrected chi connectivity index (χ0v) is 19.6. The molecule has 4 rings (SSSR count). The van der Waals surface area contributed by atoms with Crippen molar-refractivity contribution in [2.45, 2.75) is 33.1 Å². The molecule has 0 bridgehead atoms. The van der Waals surface area contributed by atoms with Crippen molar-refractivity contribution in [2.75, 3.05) is 6.61 Å². The zero-order chi connectivity index (χ0) is 26.0. The van der Waals surface area contributed by atoms with Crippen LogP contribution in [0, 0.1) is 41.9 Å². The topological polar surface area (TPSA) is 35.5 Å². The molecule has 0 aliphatic heterocycles. The van der Waals surface area contributed by atoms with E-state index >= 15 is 0 Å². The molecule has 36 heavy (non-hydrogen) atoms. The first-order valence-corrected chi connectivity index (χ1v) is 11.5. The number of hydrogen-bond acceptors (Lipinski definition) is 3. The Labute approximate surface area is 205 Å². The van der Waals surface area contributed by atoms with E-state index in [1.165, 1.54) is 43.3 Å². The van der Waals surface area contributed by atoms with Gasteiger partial charge in [0.05, 0.1) is 12.5 Å². The fraction of sp³-hybridized carbons (Fsp3) is 0.250. The standard InChI is InChI=1S/C28H23F5O3/c1-3-35-22-13-11-20(25(31)26(22)32)18-9-10-19(21(29)14-18)16-5-7-17(8-6-16)28(34)36-23-12-4-15(2)24(30)27(23)33/h4-5,9-14,17H,3,6-8H2,1-2H3. The van der Waals surface area contributed by atoms with E-state index in [2.05, 4.69) is 0 Å². The fourth-order valence-corrected chi connectivity index (χ4v) is 4.16. The van der Waals surface area contributed by atoms with Gasteiger partial charge >= 0.3 is 5.97 Å². The van der Waals surface area contributed by atoms with Crippen molar-refractivity contribution in [1.82, 2.24) is 0 Å². The Balaban J connectivity index is 1.48. The van der Waals surface area contributed by atoms with Gasteiger partial charge in [-0.05, 0) is 74.1 Å². The van der Waals surface area contributed by atoms with E-state index in [0.29, 0.717) is 18.4 Å². The number of ether oxygens (including phenoxy) is 2. The number of carbonyl (C=O) groups is 1. The van der Waals surface area contributed by atoms with Crippen LogP contribution in [0.5, 0.6) is 11.5 Å². The molecule has 0 saturated heterocycles. The molecule has 3 aromatic rings. The van der Waals surface area contributed by atoms with Crippen LogP contribution >= 0.6 is 0 Å². The highest BCUT2D eigenvalue weighted by Crippen LogP contribution is 2.36. The molecule has 3 aromatic carbocycles. The monoisotopic (exact) mass is 502 g/mol. The molecule has 1 unspecified atom stereocenters. The van der Waals surface area contributed by atoms with Crippen molar-refractivity contribution in [3.05, 3.63) is 88.8 Å². The lowest BCUT2D eigenvalue weighted by Gasteiger charge is -2.21. The molecule has 1 aliphatic rings. The molecule has 0 radical (unpaired) electrons. The summed E-state index contributed by atoms with van der Waals surface area (Å²) in [5.41, 5.74) is 1.10. The normalized spacial score (nSPS) is 15.4. The van der Waals surface area contributed by atoms with Crippen molar-refractivity contribution in [2.24, 2.45) is 5.92 Å². The number of aryl methyl sites for hydroxylation is 1. The van der Waals surface area contributed by atoms with Crippen molar-refractivity contribution in [3.8, 4) is 22.6 Å². The summed E-state index contributed by atoms with van der Waals surface area (Å²) in [5, 5.41) is 0. The molecular formula is C28H23F5O3. The number of halogens is 5. The number of benzene rings is 3. The van der Waals surface area contributed by atoms with E-state index in [0.717, 1.165) is 6.07 Å². The summed E-state index contributed by atoms with van der Waals surface area (Å²) in [5.74, 6) is -7.16. The van der Waals surface area contributed by atoms with Crippen LogP contribution in [0.25, 0.3) is 16.7 Å². The summed E-state index contributed by atoms with van der Waals surface area (Å²) in [6.07, 6.45) is 2.58. The summed E-state index contributed by atoms with van der Waals surface area (Å²) in [4.78, 5) is 12.5. The highest BCUT2D eigenvalue weighted by atomic mass is 19.2. The molecule has 1 aliphatic carbocycles. The highest BCUT2D eigenvalue weighted by Gasteiger charge is 2.26. The second kappa shape index (κ2) is 10.5. The van der Waals surface area contributed by atoms with Crippen LogP contribution in [-0.4, -0.2) is 12.6 Å². The summed E-state index contributed by atoms with van der Waals surface area (Å²) < 4.78 is 81.6. The van der Waals surface area contributed by atoms with Gasteiger partial charge in [-0.2, -0.15) is 8.78 Å². The van der Waals surface area contributed by atoms with Crippen LogP contribution in [0.4, 0.5) is 22.0 Å². The number of rotatable bonds is 6. The first kappa shape index (κ1) is 25.4. The summed E-state index contributed by atoms with van der Waals surface area (Å²) >= 11 is 0. The lowest BCUT2D eigenvalue weighted by Crippen LogP contribution is -2.23. The second-order valence-electron chi connectivity index (χ2n) is 8.50. The molecular weight excluding hydrogens is 479 g/mol. The molecule has 8 heteroatoms. The van der Waals surface area contributed by atoms with Crippen LogP contribution in [0.15, 0.2) is 48.5 Å². The first-order chi connectivity index (χ1) is 17.2. The van der Waals surface area contributed by atoms with Gasteiger partial charge < -0.3 is 9.47 Å². The minimum Gasteiger partial charge on any atom is -0.491 e. The average Bonchev–Trinajstić information content (AvgIpc) is 2.87. The molecule has 3 nitrogen and oxygen atoms in total. The fourth-order valence-electron chi connectivity index (χ4n) is 4.16. The zero-order valence-electron chi connectivity index (χ0n) is 19.6. The van der Waals surface area contributed by atoms with Crippen LogP contribution in [-0.2, 0) is 4.79 Å². The van der Waals surface area contributed by atoms with Gasteiger partial charge in [-0.1, -0.05) is 24.3 Å². The van der Waals surface area contributed by atoms with Crippen LogP contribution in [0.1, 0.15) is 37.3 Å². The summed E-state index contributed by atoms with van der Waals surface area (Å²) in [6, 6.07) is 9.24. The van der Waals surface area contributed by atoms with Gasteiger partial charge in [-0.3, -0.25) is 4.79 Å². The van der Waals surface area contributed by atoms with Gasteiger partial charge in [-0.25, -0.2) is 13.2 Å². The number of esters is 1. The molecule has 0 spiro atoms. The van der Waals surface area contributed by atoms with E-state index < -0.39 is 46.7 Å². The van der Waals surface area contributed by atoms with Crippen molar-refractivity contribution in [3.63, 3.8) is 0 Å². The predicted molar refractivity (Wildman–Crippen MR) is 125 cm³/mol. The van der Waals surface area contributed by atoms with Crippen molar-refractivity contribution < 1.29 is 36.2 Å². The minimum absolute atomic E-state index is 0.0957. The van der Waals surface area contributed by atoms with Crippen LogP contribution in [0.3, 0.4) is 0 Å². The molecule has 0 N–H and O–H groups in total. The summed E-state index contributed by atoms with van der Waals surface area (Å²) in [7, 11) is 0. The average molecular weight is 502 g/mol. The number of allylic oxidation sites excluding steroid dienone is 2. The van der Waals surface area contributed by atoms with Gasteiger partial charge in [0.1, 0.15) is 5.82 Å². The van der Waals surface area contributed by atoms with Gasteiger partial charge in [-0.15, -0.1) is 0 Å². The lowest BCUT2D eigenvalue weighted by atomic mass is 9.86. The quantitative estimate of drug-likeness (QED) is 0.198. The van der Waals surface area contributed by atoms with Crippen LogP contribution < -0.4 is 9.47 Å². The number of hydrogen-bond donors (Lipinski definition) is 0. The minimum atomic E-state index is -1.22. The van der Waals surface area contributed by atoms with E-state index in [9.17, 15) is 26.7 Å². The van der Waals surface area contributed by atoms with Gasteiger partial charge in [0.15, 0.2) is 23.1 Å². The van der Waals surface area contributed by atoms with E-state index in [-0.39, 0.29) is 41.0 Å². The van der Waals surface area contributed by atoms with Crippen molar-refractivity contribution >= 4 is 11.5 Å². The Morgan fingerprint density at radius 2 is 1.58 bits per heavy atom. The molecule has 0 aromatic heterocycles. The van der Waals surface area contributed by atoms with Gasteiger partial charge in [0.2, 0.25) is 11.6 Å². The molecule has 1 atom stereocenters. The Morgan fingerprint density at radius 3 is 2.25 bits per heavy atom. The number of carbonyl (C=O) groups excluding carboxylic acids is 1. The highest BCUT2D eigenvalue weighted by molar-refractivity contribution is 5.78. The molecule has 0 heterocycles. The SMILES string of the molecule is CCOc1ccc(-c2ccc(C3=CCC(C(=O)Oc4ccc(C)c(F)c4F)CC3)c(F)c2)c(F)c1F. The first-order valence-electron chi connectivity index (χ1n) is 11.5. The molecule has 188 valence electrons. The summed E-state index contributed by atoms with van der Waals surface area (Å²) in [6.45, 7) is 3.22. The molecule has 0 fully saturated rings. The van der Waals surface area contributed by atoms with Gasteiger partial charge in [0.25, 0.3) is 0 Å². The van der Waals surface area contributed by atoms with E-state index in [1.54, 1.807) is 13.0 Å². The maximum absolute atomic E-state index is 15.0. The van der Waals surface area contributed by atoms with E-state index in [1.807, 2.05) is 0 Å². The largest absolute Gasteiger partial charge is 0.491 e. The Bertz CT molecular complexity index is 1350. The lowest BCUT2D eigenvalue weighted by molar-refractivity contribution is -0.139. The third-order valence-electron chi connectivity index (χ3n) is 6.17. The van der Waals surface area contributed by atoms with Gasteiger partial charge in [0, 0.05) is 11.1 Å². The molecule has 0 amide bonds. The maximum Gasteiger partial charge on any atom is 0.314 e. The smallest absolute Gasteiger partial charge is 0.314 e. The molecule has 0 saturated carbocycles. The Hall–Kier alpha value is -3.68. The van der Waals surface area contributed by atoms with Crippen molar-refractivity contribution in [1.29, 1.82) is 0 Å². The van der Waals surface area contributed by atoms with Crippen LogP contribution in [0.2, 0.25) is 0 Å². The maximum atomic E-state index is 15.0. The third kappa shape index (κ3) is 4.98. The van der Waals surface area contributed by atoms with E-state index in [4.69, 9.17) is 9.47 Å². The Morgan fingerprint density at radius 1 is 0.889 bits per heavy atom.